The van der Waals surface area contributed by atoms with Gasteiger partial charge in [-0.3, -0.25) is 9.36 Å². The quantitative estimate of drug-likeness (QED) is 0.852. The molecular formula is C14H24N6. The van der Waals surface area contributed by atoms with Crippen LogP contribution in [0.25, 0.3) is 0 Å². The molecule has 0 saturated heterocycles. The van der Waals surface area contributed by atoms with Crippen LogP contribution in [0, 0.1) is 13.8 Å². The normalized spacial score (nSPS) is 12.8. The van der Waals surface area contributed by atoms with E-state index in [9.17, 15) is 0 Å². The van der Waals surface area contributed by atoms with E-state index in [1.165, 1.54) is 11.3 Å². The van der Waals surface area contributed by atoms with Gasteiger partial charge in [0.05, 0.1) is 11.4 Å². The maximum Gasteiger partial charge on any atom is 0.0842 e. The van der Waals surface area contributed by atoms with Gasteiger partial charge < -0.3 is 5.32 Å². The molecule has 2 aromatic heterocycles. The predicted molar refractivity (Wildman–Crippen MR) is 78.6 cm³/mol. The summed E-state index contributed by atoms with van der Waals surface area (Å²) in [6.07, 6.45) is 4.99. The minimum atomic E-state index is 0.408. The highest BCUT2D eigenvalue weighted by atomic mass is 15.4. The van der Waals surface area contributed by atoms with Crippen LogP contribution in [0.2, 0.25) is 0 Å². The number of likely N-dealkylation sites (N-methyl/N-ethyl adjacent to an activating group) is 1. The summed E-state index contributed by atoms with van der Waals surface area (Å²) in [5.74, 6) is 0. The fourth-order valence-corrected chi connectivity index (χ4v) is 2.59. The Labute approximate surface area is 120 Å². The Balaban J connectivity index is 1.97. The van der Waals surface area contributed by atoms with Crippen molar-refractivity contribution < 1.29 is 0 Å². The molecule has 0 radical (unpaired) electrons. The Morgan fingerprint density at radius 1 is 1.30 bits per heavy atom. The molecule has 0 aliphatic carbocycles. The zero-order valence-electron chi connectivity index (χ0n) is 13.0. The lowest BCUT2D eigenvalue weighted by Crippen LogP contribution is -2.28. The zero-order chi connectivity index (χ0) is 14.7. The molecule has 1 unspecified atom stereocenters. The van der Waals surface area contributed by atoms with Gasteiger partial charge in [0.1, 0.15) is 0 Å². The van der Waals surface area contributed by atoms with Gasteiger partial charge in [-0.15, -0.1) is 5.10 Å². The number of nitrogens with zero attached hydrogens (tertiary/aromatic N) is 5. The van der Waals surface area contributed by atoms with Crippen molar-refractivity contribution in [3.63, 3.8) is 0 Å². The van der Waals surface area contributed by atoms with E-state index in [0.29, 0.717) is 6.04 Å². The number of aryl methyl sites for hydroxylation is 3. The second-order valence-corrected chi connectivity index (χ2v) is 5.38. The van der Waals surface area contributed by atoms with E-state index in [-0.39, 0.29) is 0 Å². The number of aromatic nitrogens is 5. The highest BCUT2D eigenvalue weighted by Gasteiger charge is 2.14. The van der Waals surface area contributed by atoms with Gasteiger partial charge in [0.15, 0.2) is 0 Å². The maximum absolute atomic E-state index is 4.47. The van der Waals surface area contributed by atoms with Crippen molar-refractivity contribution in [2.45, 2.75) is 39.2 Å². The van der Waals surface area contributed by atoms with Gasteiger partial charge in [-0.25, -0.2) is 0 Å². The molecule has 20 heavy (non-hydrogen) atoms. The van der Waals surface area contributed by atoms with Crippen LogP contribution in [0.5, 0.6) is 0 Å². The molecule has 0 saturated carbocycles. The molecule has 6 heteroatoms. The lowest BCUT2D eigenvalue weighted by atomic mass is 10.0. The van der Waals surface area contributed by atoms with Crippen LogP contribution in [0.3, 0.4) is 0 Å². The van der Waals surface area contributed by atoms with E-state index in [2.05, 4.69) is 34.6 Å². The third-order valence-electron chi connectivity index (χ3n) is 3.92. The first-order chi connectivity index (χ1) is 9.51. The summed E-state index contributed by atoms with van der Waals surface area (Å²) in [6.45, 7) is 4.21. The maximum atomic E-state index is 4.47. The van der Waals surface area contributed by atoms with Gasteiger partial charge in [-0.2, -0.15) is 5.10 Å². The van der Waals surface area contributed by atoms with Crippen LogP contribution in [0.1, 0.15) is 29.1 Å². The van der Waals surface area contributed by atoms with E-state index in [4.69, 9.17) is 0 Å². The highest BCUT2D eigenvalue weighted by Crippen LogP contribution is 2.16. The minimum absolute atomic E-state index is 0.408. The summed E-state index contributed by atoms with van der Waals surface area (Å²) in [6, 6.07) is 0.408. The molecule has 0 fully saturated rings. The molecular weight excluding hydrogens is 252 g/mol. The third kappa shape index (κ3) is 3.25. The van der Waals surface area contributed by atoms with Gasteiger partial charge in [-0.1, -0.05) is 5.21 Å². The van der Waals surface area contributed by atoms with Gasteiger partial charge in [-0.05, 0) is 39.3 Å². The number of hydrogen-bond donors (Lipinski definition) is 1. The second kappa shape index (κ2) is 6.17. The zero-order valence-corrected chi connectivity index (χ0v) is 13.0. The topological polar surface area (TPSA) is 60.6 Å². The largest absolute Gasteiger partial charge is 0.317 e. The average molecular weight is 276 g/mol. The average Bonchev–Trinajstić information content (AvgIpc) is 2.91. The molecule has 110 valence electrons. The molecule has 2 heterocycles. The Morgan fingerprint density at radius 3 is 2.55 bits per heavy atom. The fraction of sp³-hybridized carbons (Fsp3) is 0.643. The van der Waals surface area contributed by atoms with Crippen LogP contribution in [-0.4, -0.2) is 37.9 Å². The molecule has 0 aliphatic rings. The first kappa shape index (κ1) is 14.7. The molecule has 2 rings (SSSR count). The number of rotatable bonds is 6. The summed E-state index contributed by atoms with van der Waals surface area (Å²) < 4.78 is 3.71. The third-order valence-corrected chi connectivity index (χ3v) is 3.92. The van der Waals surface area contributed by atoms with Crippen LogP contribution in [0.15, 0.2) is 6.20 Å². The molecule has 0 amide bonds. The molecule has 2 aromatic rings. The van der Waals surface area contributed by atoms with Crippen LogP contribution in [-0.2, 0) is 26.9 Å². The van der Waals surface area contributed by atoms with Crippen molar-refractivity contribution in [1.82, 2.24) is 30.1 Å². The first-order valence-electron chi connectivity index (χ1n) is 7.02. The first-order valence-corrected chi connectivity index (χ1v) is 7.02. The summed E-state index contributed by atoms with van der Waals surface area (Å²) in [5.41, 5.74) is 4.80. The Morgan fingerprint density at radius 2 is 2.05 bits per heavy atom. The molecule has 1 atom stereocenters. The van der Waals surface area contributed by atoms with Crippen LogP contribution >= 0.6 is 0 Å². The number of hydrogen-bond acceptors (Lipinski definition) is 4. The predicted octanol–water partition coefficient (Wildman–Crippen LogP) is 0.929. The lowest BCUT2D eigenvalue weighted by Gasteiger charge is -2.14. The standard InChI is InChI=1S/C14H24N6/c1-10-14(11(2)20(5)17-10)7-6-12(15-3)8-13-9-19(4)18-16-13/h9,12,15H,6-8H2,1-5H3. The minimum Gasteiger partial charge on any atom is -0.317 e. The SMILES string of the molecule is CNC(CCc1c(C)nn(C)c1C)Cc1cn(C)nn1. The summed E-state index contributed by atoms with van der Waals surface area (Å²) in [7, 11) is 5.90. The Bertz CT molecular complexity index is 568. The fourth-order valence-electron chi connectivity index (χ4n) is 2.59. The molecule has 0 aromatic carbocycles. The van der Waals surface area contributed by atoms with Crippen LogP contribution in [0.4, 0.5) is 0 Å². The van der Waals surface area contributed by atoms with Crippen molar-refractivity contribution >= 4 is 0 Å². The molecule has 0 aliphatic heterocycles. The van der Waals surface area contributed by atoms with E-state index in [1.807, 2.05) is 32.0 Å². The highest BCUT2D eigenvalue weighted by molar-refractivity contribution is 5.24. The monoisotopic (exact) mass is 276 g/mol. The number of nitrogens with one attached hydrogen (secondary N) is 1. The summed E-state index contributed by atoms with van der Waals surface area (Å²) >= 11 is 0. The molecule has 6 nitrogen and oxygen atoms in total. The van der Waals surface area contributed by atoms with Gasteiger partial charge in [0.2, 0.25) is 0 Å². The van der Waals surface area contributed by atoms with Crippen LogP contribution < -0.4 is 5.32 Å². The van der Waals surface area contributed by atoms with Gasteiger partial charge in [0.25, 0.3) is 0 Å². The van der Waals surface area contributed by atoms with E-state index >= 15 is 0 Å². The second-order valence-electron chi connectivity index (χ2n) is 5.38. The van der Waals surface area contributed by atoms with Crippen molar-refractivity contribution in [2.75, 3.05) is 7.05 Å². The van der Waals surface area contributed by atoms with Crippen molar-refractivity contribution in [3.05, 3.63) is 28.8 Å². The molecule has 0 spiro atoms. The van der Waals surface area contributed by atoms with Crippen molar-refractivity contribution in [3.8, 4) is 0 Å². The summed E-state index contributed by atoms with van der Waals surface area (Å²) in [4.78, 5) is 0. The Kier molecular flexibility index (Phi) is 4.54. The molecule has 1 N–H and O–H groups in total. The van der Waals surface area contributed by atoms with Crippen molar-refractivity contribution in [1.29, 1.82) is 0 Å². The van der Waals surface area contributed by atoms with Gasteiger partial charge >= 0.3 is 0 Å². The Hall–Kier alpha value is -1.69. The van der Waals surface area contributed by atoms with E-state index in [0.717, 1.165) is 30.7 Å². The summed E-state index contributed by atoms with van der Waals surface area (Å²) in [5, 5.41) is 16.0. The van der Waals surface area contributed by atoms with E-state index in [1.54, 1.807) is 4.68 Å². The van der Waals surface area contributed by atoms with E-state index < -0.39 is 0 Å². The smallest absolute Gasteiger partial charge is 0.0842 e. The lowest BCUT2D eigenvalue weighted by molar-refractivity contribution is 0.513. The van der Waals surface area contributed by atoms with Gasteiger partial charge in [0, 0.05) is 38.4 Å². The molecule has 0 bridgehead atoms. The van der Waals surface area contributed by atoms with Crippen molar-refractivity contribution in [2.24, 2.45) is 14.1 Å².